The average Bonchev–Trinajstić information content (AvgIpc) is 2.56. The predicted molar refractivity (Wildman–Crippen MR) is 50.7 cm³/mol. The highest BCUT2D eigenvalue weighted by atomic mass is 16.5. The van der Waals surface area contributed by atoms with Crippen molar-refractivity contribution < 1.29 is 9.53 Å². The number of methoxy groups -OCH3 is 1. The van der Waals surface area contributed by atoms with Crippen LogP contribution in [0.25, 0.3) is 0 Å². The lowest BCUT2D eigenvalue weighted by Crippen LogP contribution is -2.09. The molecule has 0 aliphatic carbocycles. The van der Waals surface area contributed by atoms with Crippen molar-refractivity contribution in [3.63, 3.8) is 0 Å². The van der Waals surface area contributed by atoms with Gasteiger partial charge in [0.25, 0.3) is 0 Å². The van der Waals surface area contributed by atoms with Crippen LogP contribution in [0.4, 0.5) is 0 Å². The van der Waals surface area contributed by atoms with Crippen LogP contribution in [0, 0.1) is 11.3 Å². The van der Waals surface area contributed by atoms with Crippen LogP contribution in [0.1, 0.15) is 22.6 Å². The molecule has 0 aliphatic heterocycles. The minimum absolute atomic E-state index is 0.351. The molecule has 0 saturated carbocycles. The topological polar surface area (TPSA) is 55.0 Å². The number of aryl methyl sites for hydroxylation is 1. The van der Waals surface area contributed by atoms with Crippen LogP contribution < -0.4 is 0 Å². The Kier molecular flexibility index (Phi) is 3.29. The van der Waals surface area contributed by atoms with E-state index >= 15 is 0 Å². The molecule has 1 aromatic rings. The van der Waals surface area contributed by atoms with Crippen molar-refractivity contribution in [2.45, 2.75) is 12.8 Å². The fraction of sp³-hybridized carbons (Fsp3) is 0.400. The van der Waals surface area contributed by atoms with Crippen molar-refractivity contribution >= 4 is 5.97 Å². The molecular formula is C10H12N2O2. The molecule has 4 heteroatoms. The molecule has 0 fully saturated rings. The van der Waals surface area contributed by atoms with Gasteiger partial charge in [-0.2, -0.15) is 5.26 Å². The van der Waals surface area contributed by atoms with E-state index < -0.39 is 0 Å². The third kappa shape index (κ3) is 1.94. The van der Waals surface area contributed by atoms with E-state index in [0.29, 0.717) is 18.5 Å². The first kappa shape index (κ1) is 10.3. The largest absolute Gasteiger partial charge is 0.464 e. The Hall–Kier alpha value is -1.76. The number of esters is 1. The van der Waals surface area contributed by atoms with Gasteiger partial charge >= 0.3 is 5.97 Å². The maximum Gasteiger partial charge on any atom is 0.354 e. The minimum Gasteiger partial charge on any atom is -0.464 e. The average molecular weight is 192 g/mol. The lowest BCUT2D eigenvalue weighted by molar-refractivity contribution is 0.0589. The molecule has 1 heterocycles. The van der Waals surface area contributed by atoms with E-state index in [1.807, 2.05) is 6.07 Å². The van der Waals surface area contributed by atoms with Gasteiger partial charge in [0.1, 0.15) is 5.69 Å². The van der Waals surface area contributed by atoms with Gasteiger partial charge in [0, 0.05) is 25.6 Å². The zero-order valence-corrected chi connectivity index (χ0v) is 8.28. The first-order valence-electron chi connectivity index (χ1n) is 4.30. The quantitative estimate of drug-likeness (QED) is 0.677. The van der Waals surface area contributed by atoms with Crippen molar-refractivity contribution in [2.75, 3.05) is 7.11 Å². The summed E-state index contributed by atoms with van der Waals surface area (Å²) >= 11 is 0. The molecule has 4 nitrogen and oxygen atoms in total. The fourth-order valence-electron chi connectivity index (χ4n) is 1.30. The van der Waals surface area contributed by atoms with Crippen LogP contribution >= 0.6 is 0 Å². The highest BCUT2D eigenvalue weighted by molar-refractivity contribution is 5.87. The van der Waals surface area contributed by atoms with Crippen LogP contribution in [0.15, 0.2) is 12.1 Å². The summed E-state index contributed by atoms with van der Waals surface area (Å²) in [5.41, 5.74) is 1.48. The zero-order chi connectivity index (χ0) is 10.6. The normalized spacial score (nSPS) is 9.50. The van der Waals surface area contributed by atoms with E-state index in [1.54, 1.807) is 17.7 Å². The summed E-state index contributed by atoms with van der Waals surface area (Å²) in [4.78, 5) is 11.2. The third-order valence-electron chi connectivity index (χ3n) is 2.11. The molecule has 0 bridgehead atoms. The predicted octanol–water partition coefficient (Wildman–Crippen LogP) is 1.27. The molecule has 0 aromatic carbocycles. The molecule has 74 valence electrons. The van der Waals surface area contributed by atoms with E-state index in [4.69, 9.17) is 5.26 Å². The summed E-state index contributed by atoms with van der Waals surface area (Å²) in [5, 5.41) is 8.43. The summed E-state index contributed by atoms with van der Waals surface area (Å²) in [6.45, 7) is 0. The summed E-state index contributed by atoms with van der Waals surface area (Å²) < 4.78 is 6.36. The minimum atomic E-state index is -0.351. The number of hydrogen-bond acceptors (Lipinski definition) is 3. The standard InChI is InChI=1S/C10H12N2O2/c1-12-8(4-3-7-11)5-6-9(12)10(13)14-2/h5-6H,3-4H2,1-2H3. The SMILES string of the molecule is COC(=O)c1ccc(CCC#N)n1C. The van der Waals surface area contributed by atoms with Crippen molar-refractivity contribution in [1.29, 1.82) is 5.26 Å². The van der Waals surface area contributed by atoms with E-state index in [9.17, 15) is 4.79 Å². The van der Waals surface area contributed by atoms with Gasteiger partial charge in [-0.1, -0.05) is 0 Å². The summed E-state index contributed by atoms with van der Waals surface area (Å²) in [5.74, 6) is -0.351. The van der Waals surface area contributed by atoms with Gasteiger partial charge in [-0.25, -0.2) is 4.79 Å². The Morgan fingerprint density at radius 2 is 2.36 bits per heavy atom. The van der Waals surface area contributed by atoms with E-state index in [1.165, 1.54) is 7.11 Å². The van der Waals surface area contributed by atoms with Crippen molar-refractivity contribution in [3.8, 4) is 6.07 Å². The fourth-order valence-corrected chi connectivity index (χ4v) is 1.30. The molecule has 0 unspecified atom stereocenters. The molecular weight excluding hydrogens is 180 g/mol. The first-order chi connectivity index (χ1) is 6.70. The molecule has 1 aromatic heterocycles. The third-order valence-corrected chi connectivity index (χ3v) is 2.11. The van der Waals surface area contributed by atoms with Crippen molar-refractivity contribution in [3.05, 3.63) is 23.5 Å². The van der Waals surface area contributed by atoms with Crippen molar-refractivity contribution in [1.82, 2.24) is 4.57 Å². The van der Waals surface area contributed by atoms with Gasteiger partial charge < -0.3 is 9.30 Å². The first-order valence-corrected chi connectivity index (χ1v) is 4.30. The number of carbonyl (C=O) groups is 1. The Labute approximate surface area is 82.7 Å². The van der Waals surface area contributed by atoms with E-state index in [-0.39, 0.29) is 5.97 Å². The van der Waals surface area contributed by atoms with Crippen LogP contribution in [0.2, 0.25) is 0 Å². The Morgan fingerprint density at radius 1 is 1.64 bits per heavy atom. The van der Waals surface area contributed by atoms with Crippen LogP contribution in [-0.2, 0) is 18.2 Å². The smallest absolute Gasteiger partial charge is 0.354 e. The number of carbonyl (C=O) groups excluding carboxylic acids is 1. The van der Waals surface area contributed by atoms with Gasteiger partial charge in [-0.15, -0.1) is 0 Å². The second kappa shape index (κ2) is 4.47. The van der Waals surface area contributed by atoms with Crippen molar-refractivity contribution in [2.24, 2.45) is 7.05 Å². The second-order valence-electron chi connectivity index (χ2n) is 2.92. The number of aromatic nitrogens is 1. The number of hydrogen-bond donors (Lipinski definition) is 0. The zero-order valence-electron chi connectivity index (χ0n) is 8.28. The second-order valence-corrected chi connectivity index (χ2v) is 2.92. The van der Waals surface area contributed by atoms with Gasteiger partial charge in [0.2, 0.25) is 0 Å². The van der Waals surface area contributed by atoms with Gasteiger partial charge in [0.05, 0.1) is 13.2 Å². The van der Waals surface area contributed by atoms with Gasteiger partial charge in [0.15, 0.2) is 0 Å². The number of rotatable bonds is 3. The molecule has 14 heavy (non-hydrogen) atoms. The molecule has 1 rings (SSSR count). The highest BCUT2D eigenvalue weighted by Crippen LogP contribution is 2.10. The maximum atomic E-state index is 11.2. The number of nitriles is 1. The monoisotopic (exact) mass is 192 g/mol. The Balaban J connectivity index is 2.86. The molecule has 0 aliphatic rings. The molecule has 0 amide bonds. The molecule has 0 atom stereocenters. The Bertz CT molecular complexity index is 374. The summed E-state index contributed by atoms with van der Waals surface area (Å²) in [7, 11) is 3.14. The summed E-state index contributed by atoms with van der Waals surface area (Å²) in [6, 6.07) is 5.61. The van der Waals surface area contributed by atoms with Gasteiger partial charge in [-0.3, -0.25) is 0 Å². The van der Waals surface area contributed by atoms with E-state index in [0.717, 1.165) is 5.69 Å². The van der Waals surface area contributed by atoms with Crippen LogP contribution in [0.5, 0.6) is 0 Å². The Morgan fingerprint density at radius 3 is 2.93 bits per heavy atom. The molecule has 0 N–H and O–H groups in total. The molecule has 0 saturated heterocycles. The van der Waals surface area contributed by atoms with Crippen LogP contribution in [-0.4, -0.2) is 17.6 Å². The number of ether oxygens (including phenoxy) is 1. The highest BCUT2D eigenvalue weighted by Gasteiger charge is 2.11. The van der Waals surface area contributed by atoms with Crippen LogP contribution in [0.3, 0.4) is 0 Å². The number of nitrogens with zero attached hydrogens (tertiary/aromatic N) is 2. The van der Waals surface area contributed by atoms with Gasteiger partial charge in [-0.05, 0) is 12.1 Å². The lowest BCUT2D eigenvalue weighted by Gasteiger charge is -2.04. The molecule has 0 spiro atoms. The lowest BCUT2D eigenvalue weighted by atomic mass is 10.2. The summed E-state index contributed by atoms with van der Waals surface area (Å²) in [6.07, 6.45) is 1.11. The van der Waals surface area contributed by atoms with E-state index in [2.05, 4.69) is 10.8 Å². The maximum absolute atomic E-state index is 11.2. The molecule has 0 radical (unpaired) electrons.